The van der Waals surface area contributed by atoms with E-state index in [-0.39, 0.29) is 17.7 Å². The highest BCUT2D eigenvalue weighted by molar-refractivity contribution is 7.94. The summed E-state index contributed by atoms with van der Waals surface area (Å²) < 4.78 is 22.5. The second-order valence-corrected chi connectivity index (χ2v) is 6.10. The fraction of sp³-hybridized carbons (Fsp3) is 0.250. The molecule has 1 atom stereocenters. The maximum atomic E-state index is 11.2. The van der Waals surface area contributed by atoms with Gasteiger partial charge in [-0.1, -0.05) is 6.08 Å². The lowest BCUT2D eigenvalue weighted by Crippen LogP contribution is -2.20. The van der Waals surface area contributed by atoms with Crippen molar-refractivity contribution in [2.75, 3.05) is 16.4 Å². The molecule has 0 fully saturated rings. The minimum absolute atomic E-state index is 0.0838. The van der Waals surface area contributed by atoms with Crippen molar-refractivity contribution in [1.82, 2.24) is 0 Å². The highest BCUT2D eigenvalue weighted by Gasteiger charge is 2.21. The van der Waals surface area contributed by atoms with Gasteiger partial charge in [-0.3, -0.25) is 4.79 Å². The summed E-state index contributed by atoms with van der Waals surface area (Å²) in [5.41, 5.74) is 1.53. The van der Waals surface area contributed by atoms with Crippen LogP contribution in [0.3, 0.4) is 0 Å². The van der Waals surface area contributed by atoms with Crippen LogP contribution in [0.15, 0.2) is 35.7 Å². The molecule has 0 radical (unpaired) electrons. The summed E-state index contributed by atoms with van der Waals surface area (Å²) in [6.07, 6.45) is 1.64. The summed E-state index contributed by atoms with van der Waals surface area (Å²) in [5.74, 6) is -0.0407. The number of hydrogen-bond acceptors (Lipinski definition) is 4. The Labute approximate surface area is 106 Å². The van der Waals surface area contributed by atoms with Gasteiger partial charge in [-0.2, -0.15) is 0 Å². The largest absolute Gasteiger partial charge is 0.378 e. The van der Waals surface area contributed by atoms with Crippen LogP contribution < -0.4 is 10.6 Å². The molecule has 0 bridgehead atoms. The molecule has 1 aliphatic heterocycles. The molecule has 0 spiro atoms. The van der Waals surface area contributed by atoms with E-state index in [1.165, 1.54) is 12.3 Å². The highest BCUT2D eigenvalue weighted by atomic mass is 32.2. The average Bonchev–Trinajstić information content (AvgIpc) is 2.60. The summed E-state index contributed by atoms with van der Waals surface area (Å²) in [4.78, 5) is 10.8. The molecule has 6 heteroatoms. The van der Waals surface area contributed by atoms with Crippen molar-refractivity contribution in [3.63, 3.8) is 0 Å². The van der Waals surface area contributed by atoms with Crippen LogP contribution in [0.2, 0.25) is 0 Å². The first kappa shape index (κ1) is 12.6. The van der Waals surface area contributed by atoms with Gasteiger partial charge in [0.05, 0.1) is 11.8 Å². The molecular formula is C12H14N2O3S. The van der Waals surface area contributed by atoms with Crippen molar-refractivity contribution in [2.45, 2.75) is 13.0 Å². The van der Waals surface area contributed by atoms with Crippen LogP contribution >= 0.6 is 0 Å². The average molecular weight is 266 g/mol. The Hall–Kier alpha value is -1.82. The van der Waals surface area contributed by atoms with Gasteiger partial charge >= 0.3 is 0 Å². The molecule has 1 heterocycles. The molecule has 0 aromatic heterocycles. The van der Waals surface area contributed by atoms with Gasteiger partial charge in [0.15, 0.2) is 9.84 Å². The summed E-state index contributed by atoms with van der Waals surface area (Å²) in [5, 5.41) is 6.99. The minimum Gasteiger partial charge on any atom is -0.378 e. The van der Waals surface area contributed by atoms with Gasteiger partial charge in [0.2, 0.25) is 5.91 Å². The van der Waals surface area contributed by atoms with Crippen molar-refractivity contribution in [3.8, 4) is 0 Å². The Morgan fingerprint density at radius 3 is 2.33 bits per heavy atom. The zero-order valence-corrected chi connectivity index (χ0v) is 10.7. The fourth-order valence-corrected chi connectivity index (χ4v) is 2.97. The maximum Gasteiger partial charge on any atom is 0.221 e. The number of anilines is 2. The van der Waals surface area contributed by atoms with Crippen LogP contribution in [0.4, 0.5) is 11.4 Å². The summed E-state index contributed by atoms with van der Waals surface area (Å²) in [6.45, 7) is 1.44. The number of carbonyl (C=O) groups excluding carboxylic acids is 1. The van der Waals surface area contributed by atoms with Crippen LogP contribution in [-0.2, 0) is 14.6 Å². The molecule has 18 heavy (non-hydrogen) atoms. The Kier molecular flexibility index (Phi) is 3.38. The van der Waals surface area contributed by atoms with Gasteiger partial charge in [0, 0.05) is 23.7 Å². The zero-order chi connectivity index (χ0) is 13.2. The number of benzene rings is 1. The van der Waals surface area contributed by atoms with Gasteiger partial charge in [-0.05, 0) is 24.3 Å². The van der Waals surface area contributed by atoms with Crippen LogP contribution in [-0.4, -0.2) is 26.1 Å². The van der Waals surface area contributed by atoms with E-state index < -0.39 is 9.84 Å². The highest BCUT2D eigenvalue weighted by Crippen LogP contribution is 2.17. The number of rotatable bonds is 3. The predicted molar refractivity (Wildman–Crippen MR) is 71.1 cm³/mol. The van der Waals surface area contributed by atoms with E-state index in [4.69, 9.17) is 0 Å². The first-order chi connectivity index (χ1) is 8.44. The predicted octanol–water partition coefficient (Wildman–Crippen LogP) is 1.37. The van der Waals surface area contributed by atoms with Crippen LogP contribution in [0.25, 0.3) is 0 Å². The van der Waals surface area contributed by atoms with Crippen LogP contribution in [0.5, 0.6) is 0 Å². The van der Waals surface area contributed by atoms with Crippen molar-refractivity contribution >= 4 is 27.1 Å². The van der Waals surface area contributed by atoms with Gasteiger partial charge in [0.25, 0.3) is 0 Å². The Morgan fingerprint density at radius 2 is 1.83 bits per heavy atom. The molecule has 0 saturated carbocycles. The minimum atomic E-state index is -3.04. The first-order valence-corrected chi connectivity index (χ1v) is 7.21. The van der Waals surface area contributed by atoms with Gasteiger partial charge < -0.3 is 10.6 Å². The molecule has 2 N–H and O–H groups in total. The number of amides is 1. The third-order valence-electron chi connectivity index (χ3n) is 2.49. The lowest BCUT2D eigenvalue weighted by Gasteiger charge is -2.12. The normalized spacial score (nSPS) is 20.6. The van der Waals surface area contributed by atoms with E-state index in [0.717, 1.165) is 5.69 Å². The number of carbonyl (C=O) groups is 1. The molecule has 1 aliphatic rings. The van der Waals surface area contributed by atoms with Crippen LogP contribution in [0, 0.1) is 0 Å². The summed E-state index contributed by atoms with van der Waals surface area (Å²) >= 11 is 0. The number of hydrogen-bond donors (Lipinski definition) is 2. The summed E-state index contributed by atoms with van der Waals surface area (Å²) in [7, 11) is -3.04. The van der Waals surface area contributed by atoms with Crippen molar-refractivity contribution in [2.24, 2.45) is 0 Å². The van der Waals surface area contributed by atoms with E-state index >= 15 is 0 Å². The molecule has 0 saturated heterocycles. The van der Waals surface area contributed by atoms with Crippen molar-refractivity contribution < 1.29 is 13.2 Å². The molecule has 1 aromatic carbocycles. The van der Waals surface area contributed by atoms with Gasteiger partial charge in [0.1, 0.15) is 0 Å². The SMILES string of the molecule is CC(=O)Nc1ccc(N[C@H]2C=CS(=O)(=O)C2)cc1. The second kappa shape index (κ2) is 4.81. The Bertz CT molecular complexity index is 576. The van der Waals surface area contributed by atoms with Crippen molar-refractivity contribution in [1.29, 1.82) is 0 Å². The summed E-state index contributed by atoms with van der Waals surface area (Å²) in [6, 6.07) is 6.92. The van der Waals surface area contributed by atoms with Crippen molar-refractivity contribution in [3.05, 3.63) is 35.7 Å². The van der Waals surface area contributed by atoms with E-state index in [1.54, 1.807) is 30.3 Å². The van der Waals surface area contributed by atoms with Gasteiger partial charge in [-0.25, -0.2) is 8.42 Å². The molecule has 0 unspecified atom stereocenters. The first-order valence-electron chi connectivity index (χ1n) is 5.50. The molecule has 1 amide bonds. The fourth-order valence-electron chi connectivity index (χ4n) is 1.73. The smallest absolute Gasteiger partial charge is 0.221 e. The maximum absolute atomic E-state index is 11.2. The Morgan fingerprint density at radius 1 is 1.22 bits per heavy atom. The number of nitrogens with one attached hydrogen (secondary N) is 2. The molecule has 0 aliphatic carbocycles. The topological polar surface area (TPSA) is 75.3 Å². The Balaban J connectivity index is 1.99. The monoisotopic (exact) mass is 266 g/mol. The van der Waals surface area contributed by atoms with E-state index in [9.17, 15) is 13.2 Å². The van der Waals surface area contributed by atoms with E-state index in [2.05, 4.69) is 10.6 Å². The second-order valence-electron chi connectivity index (χ2n) is 4.17. The molecule has 96 valence electrons. The molecule has 5 nitrogen and oxygen atoms in total. The quantitative estimate of drug-likeness (QED) is 0.866. The third kappa shape index (κ3) is 3.33. The van der Waals surface area contributed by atoms with Crippen LogP contribution in [0.1, 0.15) is 6.92 Å². The lowest BCUT2D eigenvalue weighted by atomic mass is 10.2. The molecule has 2 rings (SSSR count). The standard InChI is InChI=1S/C12H14N2O3S/c1-9(15)13-10-2-4-11(5-3-10)14-12-6-7-18(16,17)8-12/h2-7,12,14H,8H2,1H3,(H,13,15)/t12-/m0/s1. The van der Waals surface area contributed by atoms with Gasteiger partial charge in [-0.15, -0.1) is 0 Å². The lowest BCUT2D eigenvalue weighted by molar-refractivity contribution is -0.114. The molecule has 1 aromatic rings. The van der Waals surface area contributed by atoms with E-state index in [1.807, 2.05) is 0 Å². The zero-order valence-electron chi connectivity index (χ0n) is 9.88. The third-order valence-corrected chi connectivity index (χ3v) is 3.88. The number of sulfone groups is 1. The van der Waals surface area contributed by atoms with E-state index in [0.29, 0.717) is 5.69 Å². The molecular weight excluding hydrogens is 252 g/mol.